The molecule has 2 atom stereocenters. The predicted octanol–water partition coefficient (Wildman–Crippen LogP) is 3.99. The Balaban J connectivity index is 1.98. The molecule has 3 heteroatoms. The molecular formula is C20H29N3. The minimum absolute atomic E-state index is 0.610. The number of hydrogen-bond acceptors (Lipinski definition) is 3. The molecule has 2 heterocycles. The lowest BCUT2D eigenvalue weighted by atomic mass is 9.92. The zero-order valence-electron chi connectivity index (χ0n) is 14.9. The maximum absolute atomic E-state index is 4.56. The monoisotopic (exact) mass is 311 g/mol. The second kappa shape index (κ2) is 6.88. The Labute approximate surface area is 140 Å². The maximum Gasteiger partial charge on any atom is 0.0602 e. The van der Waals surface area contributed by atoms with Crippen molar-refractivity contribution in [1.29, 1.82) is 0 Å². The first-order valence-corrected chi connectivity index (χ1v) is 8.83. The third-order valence-electron chi connectivity index (χ3n) is 5.27. The van der Waals surface area contributed by atoms with Crippen LogP contribution in [0.2, 0.25) is 0 Å². The second-order valence-corrected chi connectivity index (χ2v) is 6.94. The van der Waals surface area contributed by atoms with Crippen molar-refractivity contribution in [2.45, 2.75) is 45.6 Å². The van der Waals surface area contributed by atoms with Crippen LogP contribution in [0.15, 0.2) is 35.0 Å². The summed E-state index contributed by atoms with van der Waals surface area (Å²) < 4.78 is 0. The summed E-state index contributed by atoms with van der Waals surface area (Å²) in [6.45, 7) is 9.59. The third-order valence-corrected chi connectivity index (χ3v) is 5.27. The van der Waals surface area contributed by atoms with E-state index < -0.39 is 0 Å². The molecule has 1 aromatic carbocycles. The van der Waals surface area contributed by atoms with E-state index in [4.69, 9.17) is 0 Å². The van der Waals surface area contributed by atoms with Gasteiger partial charge in [-0.2, -0.15) is 0 Å². The number of likely N-dealkylation sites (tertiary alicyclic amines) is 1. The Kier molecular flexibility index (Phi) is 4.86. The van der Waals surface area contributed by atoms with Gasteiger partial charge in [0, 0.05) is 30.4 Å². The number of rotatable bonds is 3. The van der Waals surface area contributed by atoms with Crippen LogP contribution in [-0.2, 0) is 0 Å². The van der Waals surface area contributed by atoms with Crippen LogP contribution in [0.1, 0.15) is 43.7 Å². The van der Waals surface area contributed by atoms with Crippen molar-refractivity contribution in [2.75, 3.05) is 31.6 Å². The quantitative estimate of drug-likeness (QED) is 0.786. The molecular weight excluding hydrogens is 282 g/mol. The van der Waals surface area contributed by atoms with Gasteiger partial charge in [-0.05, 0) is 58.8 Å². The highest BCUT2D eigenvalue weighted by Crippen LogP contribution is 2.44. The van der Waals surface area contributed by atoms with Gasteiger partial charge in [-0.15, -0.1) is 0 Å². The van der Waals surface area contributed by atoms with E-state index in [1.54, 1.807) is 5.56 Å². The van der Waals surface area contributed by atoms with Crippen molar-refractivity contribution in [3.8, 4) is 0 Å². The number of hydrogen-bond donors (Lipinski definition) is 0. The molecule has 0 bridgehead atoms. The number of benzene rings is 1. The first kappa shape index (κ1) is 16.3. The van der Waals surface area contributed by atoms with Crippen molar-refractivity contribution < 1.29 is 0 Å². The molecule has 0 saturated carbocycles. The summed E-state index contributed by atoms with van der Waals surface area (Å²) in [5.74, 6) is 0.626. The summed E-state index contributed by atoms with van der Waals surface area (Å²) >= 11 is 0. The van der Waals surface area contributed by atoms with Crippen LogP contribution in [0.25, 0.3) is 0 Å². The number of allylic oxidation sites excluding steroid dienone is 1. The molecule has 2 aliphatic heterocycles. The molecule has 0 amide bonds. The molecule has 0 aromatic heterocycles. The van der Waals surface area contributed by atoms with Gasteiger partial charge in [-0.3, -0.25) is 4.99 Å². The van der Waals surface area contributed by atoms with Gasteiger partial charge in [0.15, 0.2) is 0 Å². The number of aryl methyl sites for hydroxylation is 1. The zero-order valence-corrected chi connectivity index (χ0v) is 14.9. The summed E-state index contributed by atoms with van der Waals surface area (Å²) in [5.41, 5.74) is 5.50. The summed E-state index contributed by atoms with van der Waals surface area (Å²) in [5, 5.41) is 0. The van der Waals surface area contributed by atoms with Crippen molar-refractivity contribution in [3.05, 3.63) is 41.1 Å². The average Bonchev–Trinajstić information content (AvgIpc) is 2.68. The molecule has 2 unspecified atom stereocenters. The summed E-state index contributed by atoms with van der Waals surface area (Å²) in [6.07, 6.45) is 6.60. The molecule has 1 saturated heterocycles. The molecule has 3 nitrogen and oxygen atoms in total. The molecule has 124 valence electrons. The Hall–Kier alpha value is -1.61. The first-order valence-electron chi connectivity index (χ1n) is 8.83. The van der Waals surface area contributed by atoms with E-state index in [1.807, 2.05) is 13.1 Å². The van der Waals surface area contributed by atoms with Gasteiger partial charge in [0.2, 0.25) is 0 Å². The van der Waals surface area contributed by atoms with Gasteiger partial charge >= 0.3 is 0 Å². The van der Waals surface area contributed by atoms with E-state index in [0.717, 1.165) is 12.2 Å². The van der Waals surface area contributed by atoms with E-state index in [0.29, 0.717) is 12.0 Å². The maximum atomic E-state index is 4.56. The zero-order chi connectivity index (χ0) is 16.4. The van der Waals surface area contributed by atoms with Gasteiger partial charge in [-0.25, -0.2) is 0 Å². The van der Waals surface area contributed by atoms with E-state index in [2.05, 4.69) is 60.0 Å². The van der Waals surface area contributed by atoms with E-state index in [1.165, 1.54) is 37.2 Å². The molecule has 2 aliphatic rings. The molecule has 0 radical (unpaired) electrons. The van der Waals surface area contributed by atoms with Crippen molar-refractivity contribution >= 4 is 11.9 Å². The Bertz CT molecular complexity index is 617. The lowest BCUT2D eigenvalue weighted by Crippen LogP contribution is -2.36. The van der Waals surface area contributed by atoms with E-state index in [9.17, 15) is 0 Å². The molecule has 0 aliphatic carbocycles. The van der Waals surface area contributed by atoms with Crippen molar-refractivity contribution in [3.63, 3.8) is 0 Å². The fourth-order valence-electron chi connectivity index (χ4n) is 4.16. The third kappa shape index (κ3) is 3.20. The largest absolute Gasteiger partial charge is 0.362 e. The van der Waals surface area contributed by atoms with Crippen molar-refractivity contribution in [2.24, 2.45) is 4.99 Å². The minimum atomic E-state index is 0.610. The van der Waals surface area contributed by atoms with E-state index in [-0.39, 0.29) is 0 Å². The van der Waals surface area contributed by atoms with Gasteiger partial charge in [0.05, 0.1) is 12.2 Å². The Morgan fingerprint density at radius 1 is 1.35 bits per heavy atom. The number of nitrogens with zero attached hydrogens (tertiary/aromatic N) is 3. The topological polar surface area (TPSA) is 18.8 Å². The van der Waals surface area contributed by atoms with Gasteiger partial charge < -0.3 is 9.80 Å². The number of likely N-dealkylation sites (N-methyl/N-ethyl adjacent to an activating group) is 1. The van der Waals surface area contributed by atoms with Crippen LogP contribution in [0.5, 0.6) is 0 Å². The summed E-state index contributed by atoms with van der Waals surface area (Å²) in [7, 11) is 2.26. The summed E-state index contributed by atoms with van der Waals surface area (Å²) in [6, 6.07) is 7.59. The van der Waals surface area contributed by atoms with Crippen LogP contribution >= 0.6 is 0 Å². The Morgan fingerprint density at radius 2 is 2.17 bits per heavy atom. The highest BCUT2D eigenvalue weighted by Gasteiger charge is 2.39. The molecule has 23 heavy (non-hydrogen) atoms. The predicted molar refractivity (Wildman–Crippen MR) is 99.7 cm³/mol. The van der Waals surface area contributed by atoms with Crippen LogP contribution in [0, 0.1) is 6.92 Å². The fraction of sp³-hybridized carbons (Fsp3) is 0.550. The SMILES string of the molecule is CC=N/C(=C\C)CN1c2ccc(C)cc2C2CN(C)CCCC21. The normalized spacial score (nSPS) is 25.6. The van der Waals surface area contributed by atoms with Crippen LogP contribution in [0.4, 0.5) is 5.69 Å². The smallest absolute Gasteiger partial charge is 0.0602 e. The van der Waals surface area contributed by atoms with Crippen molar-refractivity contribution in [1.82, 2.24) is 4.90 Å². The highest BCUT2D eigenvalue weighted by atomic mass is 15.2. The highest BCUT2D eigenvalue weighted by molar-refractivity contribution is 5.64. The lowest BCUT2D eigenvalue weighted by molar-refractivity contribution is 0.330. The van der Waals surface area contributed by atoms with E-state index >= 15 is 0 Å². The van der Waals surface area contributed by atoms with Gasteiger partial charge in [0.25, 0.3) is 0 Å². The molecule has 0 N–H and O–H groups in total. The van der Waals surface area contributed by atoms with Gasteiger partial charge in [-0.1, -0.05) is 23.8 Å². The molecule has 1 fully saturated rings. The van der Waals surface area contributed by atoms with Crippen LogP contribution < -0.4 is 4.90 Å². The molecule has 1 aromatic rings. The second-order valence-electron chi connectivity index (χ2n) is 6.94. The lowest BCUT2D eigenvalue weighted by Gasteiger charge is -2.29. The molecule has 0 spiro atoms. The minimum Gasteiger partial charge on any atom is -0.362 e. The molecule has 3 rings (SSSR count). The van der Waals surface area contributed by atoms with Crippen LogP contribution in [0.3, 0.4) is 0 Å². The van der Waals surface area contributed by atoms with Gasteiger partial charge in [0.1, 0.15) is 0 Å². The Morgan fingerprint density at radius 3 is 2.91 bits per heavy atom. The number of anilines is 1. The van der Waals surface area contributed by atoms with Crippen LogP contribution in [-0.4, -0.2) is 43.8 Å². The first-order chi connectivity index (χ1) is 11.1. The summed E-state index contributed by atoms with van der Waals surface area (Å²) in [4.78, 5) is 9.67. The average molecular weight is 311 g/mol. The fourth-order valence-corrected chi connectivity index (χ4v) is 4.16. The number of fused-ring (bicyclic) bond motifs is 3. The standard InChI is InChI=1S/C20H29N3/c1-5-16(21-6-2)13-23-19-8-7-11-22(4)14-18(19)17-12-15(3)9-10-20(17)23/h5-6,9-10,12,18-19H,7-8,11,13-14H2,1-4H3/b16-5-,21-6?. The number of aliphatic imine (C=N–C) groups is 1.